The van der Waals surface area contributed by atoms with E-state index in [9.17, 15) is 0 Å². The van der Waals surface area contributed by atoms with Gasteiger partial charge in [0, 0.05) is 5.75 Å². The summed E-state index contributed by atoms with van der Waals surface area (Å²) in [5.74, 6) is 1.35. The van der Waals surface area contributed by atoms with Crippen LogP contribution in [0, 0.1) is 0 Å². The molecule has 2 aromatic rings. The van der Waals surface area contributed by atoms with Crippen LogP contribution < -0.4 is 10.5 Å². The average Bonchev–Trinajstić information content (AvgIpc) is 2.97. The van der Waals surface area contributed by atoms with Gasteiger partial charge in [0.15, 0.2) is 10.2 Å². The van der Waals surface area contributed by atoms with Crippen LogP contribution in [-0.2, 0) is 5.75 Å². The second-order valence-electron chi connectivity index (χ2n) is 3.52. The lowest BCUT2D eigenvalue weighted by molar-refractivity contribution is 0.318. The Labute approximate surface area is 118 Å². The zero-order valence-corrected chi connectivity index (χ0v) is 11.7. The minimum Gasteiger partial charge on any atom is -0.496 e. The lowest BCUT2D eigenvalue weighted by Crippen LogP contribution is -2.14. The molecule has 0 amide bonds. The van der Waals surface area contributed by atoms with Gasteiger partial charge in [0.2, 0.25) is 0 Å². The molecule has 0 fully saturated rings. The molecule has 8 heteroatoms. The van der Waals surface area contributed by atoms with Crippen molar-refractivity contribution in [1.82, 2.24) is 9.36 Å². The molecule has 0 bridgehead atoms. The molecule has 0 saturated carbocycles. The number of aromatic nitrogens is 2. The van der Waals surface area contributed by atoms with Gasteiger partial charge in [-0.15, -0.1) is 0 Å². The van der Waals surface area contributed by atoms with Crippen LogP contribution in [0.1, 0.15) is 11.1 Å². The largest absolute Gasteiger partial charge is 0.496 e. The Kier molecular flexibility index (Phi) is 4.58. The van der Waals surface area contributed by atoms with Gasteiger partial charge in [0.1, 0.15) is 12.1 Å². The van der Waals surface area contributed by atoms with Crippen molar-refractivity contribution in [3.8, 4) is 5.75 Å². The van der Waals surface area contributed by atoms with Crippen LogP contribution in [0.25, 0.3) is 0 Å². The number of amidine groups is 1. The topological polar surface area (TPSA) is 93.6 Å². The van der Waals surface area contributed by atoms with E-state index in [0.29, 0.717) is 11.3 Å². The van der Waals surface area contributed by atoms with E-state index in [2.05, 4.69) is 14.5 Å². The molecule has 0 radical (unpaired) electrons. The zero-order valence-electron chi connectivity index (χ0n) is 10.1. The maximum Gasteiger partial charge on any atom is 0.173 e. The number of thioether (sulfide) groups is 1. The van der Waals surface area contributed by atoms with Gasteiger partial charge in [-0.25, -0.2) is 4.98 Å². The Morgan fingerprint density at radius 3 is 3.05 bits per heavy atom. The maximum absolute atomic E-state index is 8.70. The molecule has 0 saturated heterocycles. The van der Waals surface area contributed by atoms with E-state index in [4.69, 9.17) is 15.7 Å². The number of nitrogens with two attached hydrogens (primary N) is 1. The fourth-order valence-electron chi connectivity index (χ4n) is 1.46. The highest BCUT2D eigenvalue weighted by Gasteiger charge is 2.09. The van der Waals surface area contributed by atoms with Crippen LogP contribution >= 0.6 is 23.3 Å². The summed E-state index contributed by atoms with van der Waals surface area (Å²) in [6, 6.07) is 5.54. The monoisotopic (exact) mass is 296 g/mol. The highest BCUT2D eigenvalue weighted by Crippen LogP contribution is 2.26. The minimum absolute atomic E-state index is 0.0279. The normalized spacial score (nSPS) is 11.5. The third kappa shape index (κ3) is 3.36. The van der Waals surface area contributed by atoms with Gasteiger partial charge < -0.3 is 15.7 Å². The average molecular weight is 296 g/mol. The standard InChI is InChI=1S/C11H12N4O2S2/c1-17-9-4-7(2-3-8(9)10(12)15-16)5-18-11-13-6-14-19-11/h2-4,6,16H,5H2,1H3,(H2,12,15). The van der Waals surface area contributed by atoms with Crippen molar-refractivity contribution >= 4 is 29.1 Å². The van der Waals surface area contributed by atoms with Crippen molar-refractivity contribution < 1.29 is 9.94 Å². The summed E-state index contributed by atoms with van der Waals surface area (Å²) < 4.78 is 10.1. The summed E-state index contributed by atoms with van der Waals surface area (Å²) in [5.41, 5.74) is 7.20. The third-order valence-electron chi connectivity index (χ3n) is 2.35. The first-order valence-corrected chi connectivity index (χ1v) is 7.04. The molecule has 1 aromatic heterocycles. The zero-order chi connectivity index (χ0) is 13.7. The Balaban J connectivity index is 2.15. The highest BCUT2D eigenvalue weighted by atomic mass is 32.2. The number of nitrogens with zero attached hydrogens (tertiary/aromatic N) is 3. The van der Waals surface area contributed by atoms with E-state index < -0.39 is 0 Å². The molecule has 0 aliphatic heterocycles. The van der Waals surface area contributed by atoms with E-state index in [1.165, 1.54) is 17.9 Å². The van der Waals surface area contributed by atoms with Crippen LogP contribution in [0.2, 0.25) is 0 Å². The summed E-state index contributed by atoms with van der Waals surface area (Å²) in [5, 5.41) is 11.7. The number of ether oxygens (including phenoxy) is 1. The molecule has 6 nitrogen and oxygen atoms in total. The number of methoxy groups -OCH3 is 1. The quantitative estimate of drug-likeness (QED) is 0.288. The number of oxime groups is 1. The molecule has 19 heavy (non-hydrogen) atoms. The molecule has 100 valence electrons. The Hall–Kier alpha value is -1.80. The van der Waals surface area contributed by atoms with Crippen molar-refractivity contribution in [1.29, 1.82) is 0 Å². The van der Waals surface area contributed by atoms with E-state index in [1.54, 1.807) is 24.9 Å². The molecule has 0 atom stereocenters. The molecule has 0 aliphatic rings. The predicted molar refractivity (Wildman–Crippen MR) is 75.0 cm³/mol. The molecule has 0 unspecified atom stereocenters. The van der Waals surface area contributed by atoms with Crippen molar-refractivity contribution in [2.24, 2.45) is 10.9 Å². The van der Waals surface area contributed by atoms with Gasteiger partial charge in [-0.05, 0) is 29.2 Å². The van der Waals surface area contributed by atoms with Crippen molar-refractivity contribution in [2.75, 3.05) is 7.11 Å². The molecular weight excluding hydrogens is 284 g/mol. The Bertz CT molecular complexity index is 572. The van der Waals surface area contributed by atoms with E-state index in [-0.39, 0.29) is 5.84 Å². The van der Waals surface area contributed by atoms with Gasteiger partial charge in [-0.1, -0.05) is 23.0 Å². The van der Waals surface area contributed by atoms with Gasteiger partial charge in [0.05, 0.1) is 12.7 Å². The van der Waals surface area contributed by atoms with Gasteiger partial charge in [0.25, 0.3) is 0 Å². The lowest BCUT2D eigenvalue weighted by atomic mass is 10.1. The van der Waals surface area contributed by atoms with Crippen molar-refractivity contribution in [2.45, 2.75) is 10.1 Å². The number of hydrogen-bond acceptors (Lipinski definition) is 7. The van der Waals surface area contributed by atoms with E-state index in [0.717, 1.165) is 15.7 Å². The molecule has 1 heterocycles. The summed E-state index contributed by atoms with van der Waals surface area (Å²) in [6.45, 7) is 0. The summed E-state index contributed by atoms with van der Waals surface area (Å²) in [7, 11) is 1.55. The summed E-state index contributed by atoms with van der Waals surface area (Å²) >= 11 is 2.96. The minimum atomic E-state index is 0.0279. The molecule has 0 spiro atoms. The number of benzene rings is 1. The molecule has 0 aliphatic carbocycles. The highest BCUT2D eigenvalue weighted by molar-refractivity contribution is 8.00. The number of hydrogen-bond donors (Lipinski definition) is 2. The SMILES string of the molecule is COc1cc(CSc2ncns2)ccc1/C(N)=N/O. The summed E-state index contributed by atoms with van der Waals surface area (Å²) in [6.07, 6.45) is 1.54. The van der Waals surface area contributed by atoms with Crippen LogP contribution in [0.3, 0.4) is 0 Å². The third-order valence-corrected chi connectivity index (χ3v) is 4.22. The van der Waals surface area contributed by atoms with Gasteiger partial charge in [-0.2, -0.15) is 4.37 Å². The van der Waals surface area contributed by atoms with Gasteiger partial charge >= 0.3 is 0 Å². The molecule has 3 N–H and O–H groups in total. The Morgan fingerprint density at radius 1 is 1.58 bits per heavy atom. The van der Waals surface area contributed by atoms with Crippen LogP contribution in [-0.4, -0.2) is 27.5 Å². The first-order chi connectivity index (χ1) is 9.24. The second kappa shape index (κ2) is 6.39. The molecular formula is C11H12N4O2S2. The van der Waals surface area contributed by atoms with Crippen LogP contribution in [0.15, 0.2) is 34.0 Å². The van der Waals surface area contributed by atoms with Crippen LogP contribution in [0.5, 0.6) is 5.75 Å². The fraction of sp³-hybridized carbons (Fsp3) is 0.182. The fourth-order valence-corrected chi connectivity index (χ4v) is 2.85. The summed E-state index contributed by atoms with van der Waals surface area (Å²) in [4.78, 5) is 4.10. The first kappa shape index (κ1) is 13.6. The maximum atomic E-state index is 8.70. The number of rotatable bonds is 5. The predicted octanol–water partition coefficient (Wildman–Crippen LogP) is 1.93. The smallest absolute Gasteiger partial charge is 0.173 e. The first-order valence-electron chi connectivity index (χ1n) is 5.29. The van der Waals surface area contributed by atoms with Crippen molar-refractivity contribution in [3.05, 3.63) is 35.7 Å². The van der Waals surface area contributed by atoms with Crippen molar-refractivity contribution in [3.63, 3.8) is 0 Å². The van der Waals surface area contributed by atoms with E-state index in [1.807, 2.05) is 12.1 Å². The molecule has 2 rings (SSSR count). The second-order valence-corrected chi connectivity index (χ2v) is 5.52. The molecule has 1 aromatic carbocycles. The lowest BCUT2D eigenvalue weighted by Gasteiger charge is -2.09. The van der Waals surface area contributed by atoms with Gasteiger partial charge in [-0.3, -0.25) is 0 Å². The Morgan fingerprint density at radius 2 is 2.42 bits per heavy atom. The van der Waals surface area contributed by atoms with E-state index >= 15 is 0 Å². The van der Waals surface area contributed by atoms with Crippen LogP contribution in [0.4, 0.5) is 0 Å².